The van der Waals surface area contributed by atoms with Crippen molar-refractivity contribution in [3.05, 3.63) is 48.0 Å². The van der Waals surface area contributed by atoms with Crippen molar-refractivity contribution in [2.75, 3.05) is 7.11 Å². The second-order valence-corrected chi connectivity index (χ2v) is 8.06. The number of nitrogens with two attached hydrogens (primary N) is 1. The van der Waals surface area contributed by atoms with Gasteiger partial charge in [-0.05, 0) is 62.3 Å². The summed E-state index contributed by atoms with van der Waals surface area (Å²) in [6.07, 6.45) is 13.6. The monoisotopic (exact) mass is 387 g/mol. The highest BCUT2D eigenvalue weighted by atomic mass is 16.5. The molecule has 0 unspecified atom stereocenters. The summed E-state index contributed by atoms with van der Waals surface area (Å²) in [6, 6.07) is 10.8. The first-order chi connectivity index (χ1) is 13.6. The fraction of sp³-hybridized carbons (Fsp3) is 0.625. The summed E-state index contributed by atoms with van der Waals surface area (Å²) in [5.74, 6) is 0.519. The van der Waals surface area contributed by atoms with Gasteiger partial charge >= 0.3 is 5.97 Å². The number of unbranched alkanes of at least 4 members (excludes halogenated alkanes) is 3. The molecule has 156 valence electrons. The minimum atomic E-state index is -0.288. The summed E-state index contributed by atoms with van der Waals surface area (Å²) >= 11 is 0. The van der Waals surface area contributed by atoms with E-state index in [1.165, 1.54) is 31.9 Å². The zero-order chi connectivity index (χ0) is 20.2. The number of ether oxygens (including phenoxy) is 1. The summed E-state index contributed by atoms with van der Waals surface area (Å²) in [7, 11) is 1.42. The molecule has 0 bridgehead atoms. The highest BCUT2D eigenvalue weighted by molar-refractivity contribution is 5.69. The van der Waals surface area contributed by atoms with E-state index in [4.69, 9.17) is 5.73 Å². The lowest BCUT2D eigenvalue weighted by molar-refractivity contribution is -0.140. The van der Waals surface area contributed by atoms with Crippen molar-refractivity contribution in [1.29, 1.82) is 0 Å². The lowest BCUT2D eigenvalue weighted by atomic mass is 9.85. The fourth-order valence-electron chi connectivity index (χ4n) is 4.36. The standard InChI is InChI=1S/C24H37NO3/c1-28-24(27)17-11-3-2-9-16-21-20(22(25)18-23(21)26)15-10-5-8-14-19-12-6-4-7-13-19/h2,4,6-7,9,12-13,20-23,26H,3,5,8,10-11,14-18,25H2,1H3/b9-2-/t20-,21-,22-,23+/m1/s1. The Morgan fingerprint density at radius 3 is 2.68 bits per heavy atom. The Bertz CT molecular complexity index is 587. The first-order valence-electron chi connectivity index (χ1n) is 10.8. The molecule has 0 aromatic heterocycles. The van der Waals surface area contributed by atoms with E-state index in [0.29, 0.717) is 12.3 Å². The van der Waals surface area contributed by atoms with Crippen LogP contribution in [-0.4, -0.2) is 30.3 Å². The number of allylic oxidation sites excluding steroid dienone is 2. The maximum absolute atomic E-state index is 11.1. The molecule has 28 heavy (non-hydrogen) atoms. The molecule has 4 nitrogen and oxygen atoms in total. The lowest BCUT2D eigenvalue weighted by Gasteiger charge is -2.23. The van der Waals surface area contributed by atoms with Crippen LogP contribution in [0, 0.1) is 11.8 Å². The minimum absolute atomic E-state index is 0.113. The van der Waals surface area contributed by atoms with E-state index in [1.54, 1.807) is 0 Å². The summed E-state index contributed by atoms with van der Waals surface area (Å²) in [6.45, 7) is 0. The van der Waals surface area contributed by atoms with Crippen LogP contribution in [0.15, 0.2) is 42.5 Å². The molecule has 0 saturated heterocycles. The van der Waals surface area contributed by atoms with Gasteiger partial charge in [-0.15, -0.1) is 0 Å². The average molecular weight is 388 g/mol. The zero-order valence-corrected chi connectivity index (χ0v) is 17.3. The van der Waals surface area contributed by atoms with Gasteiger partial charge in [0.05, 0.1) is 13.2 Å². The Hall–Kier alpha value is -1.65. The summed E-state index contributed by atoms with van der Waals surface area (Å²) < 4.78 is 4.65. The normalized spacial score (nSPS) is 24.7. The number of aliphatic hydroxyl groups is 1. The van der Waals surface area contributed by atoms with E-state index >= 15 is 0 Å². The minimum Gasteiger partial charge on any atom is -0.469 e. The molecule has 1 aliphatic rings. The quantitative estimate of drug-likeness (QED) is 0.317. The van der Waals surface area contributed by atoms with Gasteiger partial charge in [0, 0.05) is 12.5 Å². The van der Waals surface area contributed by atoms with Crippen LogP contribution in [-0.2, 0) is 16.0 Å². The summed E-state index contributed by atoms with van der Waals surface area (Å²) in [4.78, 5) is 11.1. The number of benzene rings is 1. The van der Waals surface area contributed by atoms with Crippen molar-refractivity contribution >= 4 is 5.97 Å². The molecule has 0 aliphatic heterocycles. The second-order valence-electron chi connectivity index (χ2n) is 8.06. The van der Waals surface area contributed by atoms with Crippen LogP contribution in [0.3, 0.4) is 0 Å². The maximum Gasteiger partial charge on any atom is 0.305 e. The van der Waals surface area contributed by atoms with Crippen LogP contribution in [0.1, 0.15) is 63.4 Å². The number of aliphatic hydroxyl groups excluding tert-OH is 1. The number of methoxy groups -OCH3 is 1. The number of hydrogen-bond acceptors (Lipinski definition) is 4. The average Bonchev–Trinajstić information content (AvgIpc) is 2.97. The number of rotatable bonds is 12. The topological polar surface area (TPSA) is 72.5 Å². The molecule has 4 heteroatoms. The lowest BCUT2D eigenvalue weighted by Crippen LogP contribution is -2.27. The van der Waals surface area contributed by atoms with Gasteiger partial charge in [-0.25, -0.2) is 0 Å². The summed E-state index contributed by atoms with van der Waals surface area (Å²) in [5.41, 5.74) is 7.74. The van der Waals surface area contributed by atoms with Gasteiger partial charge in [-0.2, -0.15) is 0 Å². The molecule has 3 N–H and O–H groups in total. The molecule has 1 fully saturated rings. The SMILES string of the molecule is COC(=O)CCC/C=C\C[C@@H]1[C@@H](CCCCCc2ccccc2)[C@H](N)C[C@@H]1O. The third kappa shape index (κ3) is 7.76. The van der Waals surface area contributed by atoms with E-state index in [-0.39, 0.29) is 24.0 Å². The first-order valence-corrected chi connectivity index (χ1v) is 10.8. The molecule has 0 radical (unpaired) electrons. The third-order valence-corrected chi connectivity index (χ3v) is 6.01. The third-order valence-electron chi connectivity index (χ3n) is 6.01. The number of hydrogen-bond donors (Lipinski definition) is 2. The van der Waals surface area contributed by atoms with Gasteiger partial charge < -0.3 is 15.6 Å². The molecule has 0 amide bonds. The fourth-order valence-corrected chi connectivity index (χ4v) is 4.36. The van der Waals surface area contributed by atoms with E-state index in [0.717, 1.165) is 38.5 Å². The van der Waals surface area contributed by atoms with Crippen LogP contribution < -0.4 is 5.73 Å². The molecule has 1 aromatic carbocycles. The summed E-state index contributed by atoms with van der Waals surface area (Å²) in [5, 5.41) is 10.4. The molecular formula is C24H37NO3. The predicted molar refractivity (Wildman–Crippen MR) is 114 cm³/mol. The van der Waals surface area contributed by atoms with Crippen molar-refractivity contribution in [1.82, 2.24) is 0 Å². The van der Waals surface area contributed by atoms with Crippen molar-refractivity contribution in [3.8, 4) is 0 Å². The van der Waals surface area contributed by atoms with Gasteiger partial charge in [-0.3, -0.25) is 4.79 Å². The smallest absolute Gasteiger partial charge is 0.305 e. The Balaban J connectivity index is 1.66. The van der Waals surface area contributed by atoms with Gasteiger partial charge in [-0.1, -0.05) is 55.3 Å². The first kappa shape index (κ1) is 22.6. The van der Waals surface area contributed by atoms with Crippen molar-refractivity contribution < 1.29 is 14.6 Å². The molecule has 2 rings (SSSR count). The molecule has 4 atom stereocenters. The molecule has 1 saturated carbocycles. The van der Waals surface area contributed by atoms with Crippen molar-refractivity contribution in [2.45, 2.75) is 76.4 Å². The van der Waals surface area contributed by atoms with Crippen LogP contribution >= 0.6 is 0 Å². The number of carbonyl (C=O) groups is 1. The van der Waals surface area contributed by atoms with Gasteiger partial charge in [0.25, 0.3) is 0 Å². The Morgan fingerprint density at radius 1 is 1.14 bits per heavy atom. The number of carbonyl (C=O) groups excluding carboxylic acids is 1. The Kier molecular flexibility index (Phi) is 10.3. The van der Waals surface area contributed by atoms with Crippen LogP contribution in [0.5, 0.6) is 0 Å². The maximum atomic E-state index is 11.1. The van der Waals surface area contributed by atoms with Gasteiger partial charge in [0.2, 0.25) is 0 Å². The Morgan fingerprint density at radius 2 is 1.93 bits per heavy atom. The van der Waals surface area contributed by atoms with E-state index in [1.807, 2.05) is 0 Å². The highest BCUT2D eigenvalue weighted by Gasteiger charge is 2.39. The molecule has 0 heterocycles. The zero-order valence-electron chi connectivity index (χ0n) is 17.3. The highest BCUT2D eigenvalue weighted by Crippen LogP contribution is 2.37. The Labute approximate surface area is 170 Å². The molecule has 0 spiro atoms. The van der Waals surface area contributed by atoms with Gasteiger partial charge in [0.1, 0.15) is 0 Å². The number of esters is 1. The van der Waals surface area contributed by atoms with Crippen molar-refractivity contribution in [3.63, 3.8) is 0 Å². The van der Waals surface area contributed by atoms with Crippen LogP contribution in [0.2, 0.25) is 0 Å². The van der Waals surface area contributed by atoms with Crippen LogP contribution in [0.4, 0.5) is 0 Å². The molecular weight excluding hydrogens is 350 g/mol. The van der Waals surface area contributed by atoms with E-state index < -0.39 is 0 Å². The van der Waals surface area contributed by atoms with Gasteiger partial charge in [0.15, 0.2) is 0 Å². The van der Waals surface area contributed by atoms with E-state index in [9.17, 15) is 9.90 Å². The largest absolute Gasteiger partial charge is 0.469 e. The second kappa shape index (κ2) is 12.7. The molecule has 1 aromatic rings. The predicted octanol–water partition coefficient (Wildman–Crippen LogP) is 4.40. The molecule has 1 aliphatic carbocycles. The van der Waals surface area contributed by atoms with Crippen LogP contribution in [0.25, 0.3) is 0 Å². The van der Waals surface area contributed by atoms with Crippen molar-refractivity contribution in [2.24, 2.45) is 17.6 Å². The van der Waals surface area contributed by atoms with E-state index in [2.05, 4.69) is 47.2 Å². The number of aryl methyl sites for hydroxylation is 1.